The van der Waals surface area contributed by atoms with Crippen LogP contribution in [0.3, 0.4) is 0 Å². The number of halogens is 3. The van der Waals surface area contributed by atoms with Crippen LogP contribution in [0, 0.1) is 0 Å². The Kier molecular flexibility index (Phi) is 3.26. The van der Waals surface area contributed by atoms with E-state index in [-0.39, 0.29) is 16.9 Å². The van der Waals surface area contributed by atoms with Gasteiger partial charge >= 0.3 is 6.18 Å². The smallest absolute Gasteiger partial charge is 0.397 e. The van der Waals surface area contributed by atoms with Gasteiger partial charge in [-0.3, -0.25) is 4.79 Å². The average Bonchev–Trinajstić information content (AvgIpc) is 2.17. The zero-order chi connectivity index (χ0) is 12.3. The van der Waals surface area contributed by atoms with E-state index in [2.05, 4.69) is 0 Å². The number of hydrogen-bond donors (Lipinski definition) is 3. The highest BCUT2D eigenvalue weighted by atomic mass is 19.4. The molecule has 4 nitrogen and oxygen atoms in total. The number of para-hydroxylation sites is 1. The molecule has 0 radical (unpaired) electrons. The van der Waals surface area contributed by atoms with Crippen LogP contribution in [0.1, 0.15) is 10.4 Å². The summed E-state index contributed by atoms with van der Waals surface area (Å²) in [7, 11) is 0. The standard InChI is InChI=1S/C9H10F3N3O/c10-9(11,12)4-15-8(16)5-2-1-3-6(13)7(5)14/h1-3H,4,13-14H2,(H,15,16). The molecule has 0 bridgehead atoms. The van der Waals surface area contributed by atoms with Crippen LogP contribution in [0.25, 0.3) is 0 Å². The number of carbonyl (C=O) groups is 1. The number of hydrogen-bond acceptors (Lipinski definition) is 3. The molecule has 5 N–H and O–H groups in total. The topological polar surface area (TPSA) is 81.1 Å². The van der Waals surface area contributed by atoms with Crippen LogP contribution < -0.4 is 16.8 Å². The normalized spacial score (nSPS) is 11.2. The first-order valence-electron chi connectivity index (χ1n) is 4.30. The first-order chi connectivity index (χ1) is 7.31. The molecule has 0 atom stereocenters. The fourth-order valence-corrected chi connectivity index (χ4v) is 1.06. The molecule has 1 amide bonds. The van der Waals surface area contributed by atoms with Crippen LogP contribution in [0.4, 0.5) is 24.5 Å². The Morgan fingerprint density at radius 2 is 1.94 bits per heavy atom. The SMILES string of the molecule is Nc1cccc(C(=O)NCC(F)(F)F)c1N. The average molecular weight is 233 g/mol. The second-order valence-electron chi connectivity index (χ2n) is 3.11. The van der Waals surface area contributed by atoms with E-state index in [9.17, 15) is 18.0 Å². The van der Waals surface area contributed by atoms with Gasteiger partial charge in [0.2, 0.25) is 0 Å². The molecule has 7 heteroatoms. The highest BCUT2D eigenvalue weighted by molar-refractivity contribution is 6.01. The van der Waals surface area contributed by atoms with Crippen molar-refractivity contribution >= 4 is 17.3 Å². The fraction of sp³-hybridized carbons (Fsp3) is 0.222. The molecule has 1 aromatic carbocycles. The van der Waals surface area contributed by atoms with Gasteiger partial charge in [0.15, 0.2) is 0 Å². The van der Waals surface area contributed by atoms with Crippen molar-refractivity contribution < 1.29 is 18.0 Å². The maximum absolute atomic E-state index is 11.8. The van der Waals surface area contributed by atoms with Crippen LogP contribution in [-0.4, -0.2) is 18.6 Å². The lowest BCUT2D eigenvalue weighted by Crippen LogP contribution is -2.34. The number of anilines is 2. The van der Waals surface area contributed by atoms with E-state index in [1.165, 1.54) is 18.2 Å². The molecule has 16 heavy (non-hydrogen) atoms. The van der Waals surface area contributed by atoms with E-state index in [1.54, 1.807) is 5.32 Å². The van der Waals surface area contributed by atoms with Gasteiger partial charge in [0, 0.05) is 0 Å². The zero-order valence-electron chi connectivity index (χ0n) is 8.14. The predicted octanol–water partition coefficient (Wildman–Crippen LogP) is 1.14. The van der Waals surface area contributed by atoms with E-state index < -0.39 is 18.6 Å². The molecule has 88 valence electrons. The summed E-state index contributed by atoms with van der Waals surface area (Å²) in [6.07, 6.45) is -4.45. The number of nitrogen functional groups attached to an aromatic ring is 2. The summed E-state index contributed by atoms with van der Waals surface area (Å²) in [5, 5.41) is 1.71. The fourth-order valence-electron chi connectivity index (χ4n) is 1.06. The Morgan fingerprint density at radius 3 is 2.50 bits per heavy atom. The second kappa shape index (κ2) is 4.30. The summed E-state index contributed by atoms with van der Waals surface area (Å²) in [6.45, 7) is -1.40. The summed E-state index contributed by atoms with van der Waals surface area (Å²) < 4.78 is 35.5. The van der Waals surface area contributed by atoms with Gasteiger partial charge in [-0.25, -0.2) is 0 Å². The lowest BCUT2D eigenvalue weighted by Gasteiger charge is -2.10. The van der Waals surface area contributed by atoms with Gasteiger partial charge < -0.3 is 16.8 Å². The third kappa shape index (κ3) is 3.04. The van der Waals surface area contributed by atoms with E-state index in [0.29, 0.717) is 0 Å². The molecule has 0 aliphatic rings. The third-order valence-corrected chi connectivity index (χ3v) is 1.83. The summed E-state index contributed by atoms with van der Waals surface area (Å²) in [5.41, 5.74) is 10.9. The van der Waals surface area contributed by atoms with Crippen LogP contribution in [0.2, 0.25) is 0 Å². The van der Waals surface area contributed by atoms with Gasteiger partial charge in [-0.05, 0) is 12.1 Å². The first-order valence-corrected chi connectivity index (χ1v) is 4.30. The van der Waals surface area contributed by atoms with Crippen molar-refractivity contribution in [3.63, 3.8) is 0 Å². The monoisotopic (exact) mass is 233 g/mol. The minimum absolute atomic E-state index is 0.0258. The lowest BCUT2D eigenvalue weighted by atomic mass is 10.1. The van der Waals surface area contributed by atoms with Gasteiger partial charge in [-0.2, -0.15) is 13.2 Å². The summed E-state index contributed by atoms with van der Waals surface area (Å²) in [5.74, 6) is -0.901. The summed E-state index contributed by atoms with van der Waals surface area (Å²) >= 11 is 0. The van der Waals surface area contributed by atoms with E-state index in [1.807, 2.05) is 0 Å². The molecule has 0 heterocycles. The lowest BCUT2D eigenvalue weighted by molar-refractivity contribution is -0.123. The van der Waals surface area contributed by atoms with Crippen molar-refractivity contribution in [2.24, 2.45) is 0 Å². The van der Waals surface area contributed by atoms with E-state index in [0.717, 1.165) is 0 Å². The molecule has 0 fully saturated rings. The Morgan fingerprint density at radius 1 is 1.31 bits per heavy atom. The zero-order valence-corrected chi connectivity index (χ0v) is 8.14. The minimum atomic E-state index is -4.45. The van der Waals surface area contributed by atoms with Crippen molar-refractivity contribution in [1.29, 1.82) is 0 Å². The molecular weight excluding hydrogens is 223 g/mol. The third-order valence-electron chi connectivity index (χ3n) is 1.83. The largest absolute Gasteiger partial charge is 0.405 e. The molecule has 0 aliphatic carbocycles. The first kappa shape index (κ1) is 12.2. The molecule has 0 saturated heterocycles. The number of rotatable bonds is 2. The van der Waals surface area contributed by atoms with Gasteiger partial charge in [-0.1, -0.05) is 6.07 Å². The predicted molar refractivity (Wildman–Crippen MR) is 53.7 cm³/mol. The van der Waals surface area contributed by atoms with Gasteiger partial charge in [0.25, 0.3) is 5.91 Å². The van der Waals surface area contributed by atoms with Gasteiger partial charge in [-0.15, -0.1) is 0 Å². The molecule has 0 saturated carbocycles. The number of amides is 1. The van der Waals surface area contributed by atoms with Gasteiger partial charge in [0.05, 0.1) is 16.9 Å². The highest BCUT2D eigenvalue weighted by Gasteiger charge is 2.28. The van der Waals surface area contributed by atoms with E-state index in [4.69, 9.17) is 11.5 Å². The maximum atomic E-state index is 11.8. The number of nitrogens with two attached hydrogens (primary N) is 2. The summed E-state index contributed by atoms with van der Waals surface area (Å²) in [6, 6.07) is 4.20. The molecule has 0 unspecified atom stereocenters. The molecule has 0 spiro atoms. The Labute approximate surface area is 89.4 Å². The van der Waals surface area contributed by atoms with Crippen molar-refractivity contribution in [3.8, 4) is 0 Å². The molecule has 1 rings (SSSR count). The van der Waals surface area contributed by atoms with E-state index >= 15 is 0 Å². The van der Waals surface area contributed by atoms with Crippen molar-refractivity contribution in [2.75, 3.05) is 18.0 Å². The van der Waals surface area contributed by atoms with Gasteiger partial charge in [0.1, 0.15) is 6.54 Å². The van der Waals surface area contributed by atoms with Crippen LogP contribution in [0.5, 0.6) is 0 Å². The quantitative estimate of drug-likeness (QED) is 0.670. The Bertz CT molecular complexity index is 403. The summed E-state index contributed by atoms with van der Waals surface area (Å²) in [4.78, 5) is 11.3. The van der Waals surface area contributed by atoms with Crippen molar-refractivity contribution in [2.45, 2.75) is 6.18 Å². The van der Waals surface area contributed by atoms with Crippen LogP contribution in [-0.2, 0) is 0 Å². The minimum Gasteiger partial charge on any atom is -0.397 e. The second-order valence-corrected chi connectivity index (χ2v) is 3.11. The Hall–Kier alpha value is -1.92. The van der Waals surface area contributed by atoms with Crippen molar-refractivity contribution in [1.82, 2.24) is 5.32 Å². The highest BCUT2D eigenvalue weighted by Crippen LogP contribution is 2.19. The molecule has 1 aromatic rings. The molecule has 0 aliphatic heterocycles. The Balaban J connectivity index is 2.78. The van der Waals surface area contributed by atoms with Crippen molar-refractivity contribution in [3.05, 3.63) is 23.8 Å². The molecular formula is C9H10F3N3O. The number of benzene rings is 1. The number of carbonyl (C=O) groups excluding carboxylic acids is 1. The van der Waals surface area contributed by atoms with Crippen LogP contribution in [0.15, 0.2) is 18.2 Å². The number of nitrogens with one attached hydrogen (secondary N) is 1. The van der Waals surface area contributed by atoms with Crippen LogP contribution >= 0.6 is 0 Å². The molecule has 0 aromatic heterocycles. The number of alkyl halides is 3. The maximum Gasteiger partial charge on any atom is 0.405 e.